The van der Waals surface area contributed by atoms with Crippen LogP contribution in [-0.2, 0) is 34.0 Å². The summed E-state index contributed by atoms with van der Waals surface area (Å²) in [5.41, 5.74) is -1.13. The minimum Gasteiger partial charge on any atom is -0.447 e. The number of nitrogens with one attached hydrogen (secondary N) is 2. The van der Waals surface area contributed by atoms with Gasteiger partial charge in [-0.1, -0.05) is 47.7 Å². The lowest BCUT2D eigenvalue weighted by Crippen LogP contribution is -2.29. The second-order valence-corrected chi connectivity index (χ2v) is 10.0. The number of hydrogen-bond acceptors (Lipinski definition) is 8. The van der Waals surface area contributed by atoms with Gasteiger partial charge in [-0.2, -0.15) is 4.39 Å². The Bertz CT molecular complexity index is 1780. The van der Waals surface area contributed by atoms with Crippen LogP contribution in [0.15, 0.2) is 77.9 Å². The van der Waals surface area contributed by atoms with Crippen molar-refractivity contribution in [2.45, 2.75) is 51.6 Å². The van der Waals surface area contributed by atoms with Crippen LogP contribution in [0.4, 0.5) is 27.6 Å². The van der Waals surface area contributed by atoms with Crippen molar-refractivity contribution >= 4 is 23.5 Å². The average Bonchev–Trinajstić information content (AvgIpc) is 3.48. The van der Waals surface area contributed by atoms with Gasteiger partial charge in [0.05, 0.1) is 18.4 Å². The van der Waals surface area contributed by atoms with Crippen LogP contribution in [0.2, 0.25) is 0 Å². The first kappa shape index (κ1) is 34.3. The lowest BCUT2D eigenvalue weighted by molar-refractivity contribution is -0.274. The molecule has 2 atom stereocenters. The van der Waals surface area contributed by atoms with Gasteiger partial charge >= 0.3 is 12.3 Å². The van der Waals surface area contributed by atoms with E-state index >= 15 is 0 Å². The Morgan fingerprint density at radius 1 is 1.04 bits per heavy atom. The molecule has 4 rings (SSSR count). The van der Waals surface area contributed by atoms with E-state index < -0.39 is 59.2 Å². The number of nitrogens with zero attached hydrogens (tertiary/aromatic N) is 4. The van der Waals surface area contributed by atoms with Crippen LogP contribution in [0, 0.1) is 5.82 Å². The van der Waals surface area contributed by atoms with Crippen LogP contribution in [-0.4, -0.2) is 49.9 Å². The fourth-order valence-electron chi connectivity index (χ4n) is 4.27. The number of carbonyl (C=O) groups excluding carboxylic acids is 3. The zero-order valence-electron chi connectivity index (χ0n) is 24.5. The summed E-state index contributed by atoms with van der Waals surface area (Å²) in [5.74, 6) is -4.12. The molecule has 0 radical (unpaired) electrons. The molecular formula is C30H27F5N6O6. The molecule has 0 spiro atoms. The Morgan fingerprint density at radius 2 is 1.79 bits per heavy atom. The van der Waals surface area contributed by atoms with E-state index in [0.717, 1.165) is 40.6 Å². The summed E-state index contributed by atoms with van der Waals surface area (Å²) in [7, 11) is 0. The van der Waals surface area contributed by atoms with Crippen LogP contribution in [0.5, 0.6) is 5.75 Å². The second kappa shape index (κ2) is 15.1. The molecule has 17 heteroatoms. The Labute approximate surface area is 263 Å². The molecule has 0 aliphatic rings. The van der Waals surface area contributed by atoms with Crippen molar-refractivity contribution < 1.29 is 45.8 Å². The van der Waals surface area contributed by atoms with Gasteiger partial charge in [0.2, 0.25) is 11.9 Å². The van der Waals surface area contributed by atoms with Crippen molar-refractivity contribution in [3.05, 3.63) is 106 Å². The SMILES string of the molecule is CC(=O)O[C@H](C(=O)Nc1ccn(CCC(F)Cn2cc(C(=O)NCc3cccc(OC(F)(F)F)c3)nn2)c(=O)c1F)c1ccccc1. The van der Waals surface area contributed by atoms with E-state index in [2.05, 4.69) is 25.7 Å². The molecule has 0 saturated carbocycles. The minimum absolute atomic E-state index is 0.153. The standard InChI is InChI=1S/C30H27F5N6O6/c1-18(42)46-26(20-7-3-2-4-8-20)28(44)37-23-11-13-40(29(45)25(23)32)12-10-21(31)16-41-17-24(38-39-41)27(43)36-15-19-6-5-9-22(14-19)47-30(33,34)35/h2-9,11,13-14,17,21,26H,10,12,15-16H2,1H3,(H,36,43)(H,37,44)/t21?,26-/m0/s1. The number of ether oxygens (including phenoxy) is 2. The van der Waals surface area contributed by atoms with Gasteiger partial charge in [-0.3, -0.25) is 19.2 Å². The first-order valence-corrected chi connectivity index (χ1v) is 13.9. The zero-order chi connectivity index (χ0) is 34.1. The molecule has 2 heterocycles. The lowest BCUT2D eigenvalue weighted by Gasteiger charge is -2.17. The van der Waals surface area contributed by atoms with Crippen molar-refractivity contribution in [1.29, 1.82) is 0 Å². The van der Waals surface area contributed by atoms with E-state index in [1.807, 2.05) is 0 Å². The smallest absolute Gasteiger partial charge is 0.447 e. The molecule has 0 saturated heterocycles. The highest BCUT2D eigenvalue weighted by Crippen LogP contribution is 2.24. The molecule has 2 aromatic carbocycles. The van der Waals surface area contributed by atoms with Gasteiger partial charge in [-0.15, -0.1) is 18.3 Å². The molecule has 0 aliphatic carbocycles. The Hall–Kier alpha value is -5.61. The fraction of sp³-hybridized carbons (Fsp3) is 0.267. The molecule has 2 amide bonds. The number of esters is 1. The van der Waals surface area contributed by atoms with Crippen molar-refractivity contribution in [2.24, 2.45) is 0 Å². The summed E-state index contributed by atoms with van der Waals surface area (Å²) in [4.78, 5) is 49.3. The Balaban J connectivity index is 1.29. The maximum atomic E-state index is 14.9. The van der Waals surface area contributed by atoms with Crippen molar-refractivity contribution in [3.8, 4) is 5.75 Å². The summed E-state index contributed by atoms with van der Waals surface area (Å²) in [6, 6.07) is 14.1. The first-order valence-electron chi connectivity index (χ1n) is 13.9. The van der Waals surface area contributed by atoms with Gasteiger partial charge in [-0.25, -0.2) is 9.07 Å². The van der Waals surface area contributed by atoms with E-state index in [0.29, 0.717) is 11.1 Å². The molecule has 4 aromatic rings. The topological polar surface area (TPSA) is 146 Å². The molecule has 2 N–H and O–H groups in total. The number of benzene rings is 2. The molecule has 1 unspecified atom stereocenters. The van der Waals surface area contributed by atoms with Crippen molar-refractivity contribution in [1.82, 2.24) is 24.9 Å². The van der Waals surface area contributed by atoms with Gasteiger partial charge < -0.3 is 24.7 Å². The van der Waals surface area contributed by atoms with Gasteiger partial charge in [-0.05, 0) is 30.2 Å². The monoisotopic (exact) mass is 662 g/mol. The number of hydrogen-bond donors (Lipinski definition) is 2. The highest BCUT2D eigenvalue weighted by atomic mass is 19.4. The number of halogens is 5. The Kier molecular flexibility index (Phi) is 11.0. The summed E-state index contributed by atoms with van der Waals surface area (Å²) in [6.45, 7) is 0.346. The number of alkyl halides is 4. The highest BCUT2D eigenvalue weighted by molar-refractivity contribution is 5.96. The number of anilines is 1. The molecule has 2 aromatic heterocycles. The van der Waals surface area contributed by atoms with Gasteiger partial charge in [0, 0.05) is 31.8 Å². The normalized spacial score (nSPS) is 12.6. The maximum absolute atomic E-state index is 14.9. The minimum atomic E-state index is -4.87. The van der Waals surface area contributed by atoms with Gasteiger partial charge in [0.1, 0.15) is 11.9 Å². The highest BCUT2D eigenvalue weighted by Gasteiger charge is 2.31. The number of amides is 2. The summed E-state index contributed by atoms with van der Waals surface area (Å²) in [6.07, 6.45) is -5.80. The molecule has 248 valence electrons. The third-order valence-electron chi connectivity index (χ3n) is 6.41. The predicted octanol–water partition coefficient (Wildman–Crippen LogP) is 4.08. The number of aryl methyl sites for hydroxylation is 1. The van der Waals surface area contributed by atoms with Crippen LogP contribution in [0.1, 0.15) is 41.1 Å². The lowest BCUT2D eigenvalue weighted by atomic mass is 10.1. The van der Waals surface area contributed by atoms with E-state index in [-0.39, 0.29) is 31.7 Å². The quantitative estimate of drug-likeness (QED) is 0.161. The fourth-order valence-corrected chi connectivity index (χ4v) is 4.27. The molecule has 0 bridgehead atoms. The van der Waals surface area contributed by atoms with Crippen LogP contribution in [0.25, 0.3) is 0 Å². The van der Waals surface area contributed by atoms with Crippen LogP contribution < -0.4 is 20.9 Å². The second-order valence-electron chi connectivity index (χ2n) is 10.0. The number of pyridine rings is 1. The zero-order valence-corrected chi connectivity index (χ0v) is 24.5. The molecular weight excluding hydrogens is 635 g/mol. The maximum Gasteiger partial charge on any atom is 0.573 e. The molecule has 47 heavy (non-hydrogen) atoms. The van der Waals surface area contributed by atoms with Crippen molar-refractivity contribution in [3.63, 3.8) is 0 Å². The first-order chi connectivity index (χ1) is 22.3. The van der Waals surface area contributed by atoms with Gasteiger partial charge in [0.15, 0.2) is 5.69 Å². The van der Waals surface area contributed by atoms with E-state index in [4.69, 9.17) is 4.74 Å². The number of carbonyl (C=O) groups is 3. The van der Waals surface area contributed by atoms with Crippen LogP contribution >= 0.6 is 0 Å². The molecule has 12 nitrogen and oxygen atoms in total. The Morgan fingerprint density at radius 3 is 2.49 bits per heavy atom. The van der Waals surface area contributed by atoms with E-state index in [1.54, 1.807) is 18.2 Å². The molecule has 0 aliphatic heterocycles. The average molecular weight is 663 g/mol. The summed E-state index contributed by atoms with van der Waals surface area (Å²) >= 11 is 0. The van der Waals surface area contributed by atoms with E-state index in [9.17, 15) is 41.1 Å². The van der Waals surface area contributed by atoms with Crippen LogP contribution in [0.3, 0.4) is 0 Å². The van der Waals surface area contributed by atoms with Crippen molar-refractivity contribution in [2.75, 3.05) is 5.32 Å². The molecule has 0 fully saturated rings. The summed E-state index contributed by atoms with van der Waals surface area (Å²) in [5, 5.41) is 12.1. The number of rotatable bonds is 13. The largest absolute Gasteiger partial charge is 0.573 e. The third kappa shape index (κ3) is 9.94. The van der Waals surface area contributed by atoms with Gasteiger partial charge in [0.25, 0.3) is 17.4 Å². The predicted molar refractivity (Wildman–Crippen MR) is 154 cm³/mol. The number of aromatic nitrogens is 4. The summed E-state index contributed by atoms with van der Waals surface area (Å²) < 4.78 is 77.8. The third-order valence-corrected chi connectivity index (χ3v) is 6.41. The van der Waals surface area contributed by atoms with E-state index in [1.165, 1.54) is 30.5 Å².